The summed E-state index contributed by atoms with van der Waals surface area (Å²) in [5.41, 5.74) is -0.205. The van der Waals surface area contributed by atoms with Crippen molar-refractivity contribution in [3.05, 3.63) is 51.9 Å². The molecule has 0 bridgehead atoms. The molecule has 0 spiro atoms. The van der Waals surface area contributed by atoms with Gasteiger partial charge in [-0.25, -0.2) is 13.0 Å². The molecule has 1 aromatic heterocycles. The van der Waals surface area contributed by atoms with Crippen LogP contribution in [0.1, 0.15) is 0 Å². The van der Waals surface area contributed by atoms with E-state index in [0.29, 0.717) is 0 Å². The third-order valence-electron chi connectivity index (χ3n) is 2.51. The van der Waals surface area contributed by atoms with Gasteiger partial charge in [0.2, 0.25) is 0 Å². The van der Waals surface area contributed by atoms with E-state index in [1.165, 1.54) is 12.1 Å². The molecule has 13 heteroatoms. The molecule has 9 nitrogen and oxygen atoms in total. The number of nitrogens with one attached hydrogen (secondary N) is 1. The number of hydrogen-bond acceptors (Lipinski definition) is 7. The molecule has 1 aromatic carbocycles. The van der Waals surface area contributed by atoms with Crippen molar-refractivity contribution in [2.75, 3.05) is 6.29 Å². The van der Waals surface area contributed by atoms with Gasteiger partial charge in [-0.05, 0) is 23.6 Å². The number of nitro benzene ring substituents is 1. The summed E-state index contributed by atoms with van der Waals surface area (Å²) in [5.74, 6) is -0.0863. The van der Waals surface area contributed by atoms with E-state index >= 15 is 0 Å². The van der Waals surface area contributed by atoms with Crippen molar-refractivity contribution in [2.24, 2.45) is 0 Å². The van der Waals surface area contributed by atoms with Gasteiger partial charge in [0.25, 0.3) is 15.7 Å². The van der Waals surface area contributed by atoms with E-state index in [-0.39, 0.29) is 45.2 Å². The summed E-state index contributed by atoms with van der Waals surface area (Å²) < 4.78 is 42.4. The second-order valence-corrected chi connectivity index (χ2v) is 8.93. The van der Waals surface area contributed by atoms with Gasteiger partial charge in [-0.3, -0.25) is 10.1 Å². The van der Waals surface area contributed by atoms with Gasteiger partial charge in [0.15, 0.2) is 0 Å². The van der Waals surface area contributed by atoms with E-state index in [4.69, 9.17) is 4.52 Å². The molecular weight excluding hydrogens is 390 g/mol. The van der Waals surface area contributed by atoms with Crippen LogP contribution in [0.5, 0.6) is 5.75 Å². The summed E-state index contributed by atoms with van der Waals surface area (Å²) in [6, 6.07) is 7.39. The van der Waals surface area contributed by atoms with Crippen LogP contribution >= 0.6 is 18.9 Å². The van der Waals surface area contributed by atoms with Gasteiger partial charge in [0.1, 0.15) is 16.2 Å². The minimum atomic E-state index is -4.31. The van der Waals surface area contributed by atoms with Crippen molar-refractivity contribution in [3.8, 4) is 5.75 Å². The van der Waals surface area contributed by atoms with Crippen molar-refractivity contribution in [3.63, 3.8) is 0 Å². The first-order valence-corrected chi connectivity index (χ1v) is 10.1. The molecule has 0 amide bonds. The van der Waals surface area contributed by atoms with Gasteiger partial charge in [0, 0.05) is 12.1 Å². The van der Waals surface area contributed by atoms with Crippen LogP contribution in [0.2, 0.25) is 0 Å². The number of rotatable bonds is 7. The Kier molecular flexibility index (Phi) is 7.57. The number of thiophene rings is 1. The maximum atomic E-state index is 11.9. The first-order chi connectivity index (χ1) is 10.7. The Bertz CT molecular complexity index is 840. The fraction of sp³-hybridized carbons (Fsp3) is 0.0909. The predicted octanol–water partition coefficient (Wildman–Crippen LogP) is 1.51. The normalized spacial score (nSPS) is 13.5. The van der Waals surface area contributed by atoms with Gasteiger partial charge in [-0.2, -0.15) is 4.72 Å². The second kappa shape index (κ2) is 8.54. The number of hydrogen-bond donors (Lipinski definition) is 2. The molecule has 0 saturated carbocycles. The van der Waals surface area contributed by atoms with Crippen molar-refractivity contribution >= 4 is 64.2 Å². The average molecular weight is 402 g/mol. The maximum absolute atomic E-state index is 11.9. The summed E-state index contributed by atoms with van der Waals surface area (Å²) in [5, 5.41) is 12.1. The molecular formula is C11H12N2NaO7PS2. The molecule has 0 aliphatic heterocycles. The van der Waals surface area contributed by atoms with Crippen LogP contribution in [-0.4, -0.2) is 54.1 Å². The molecule has 1 atom stereocenters. The monoisotopic (exact) mass is 402 g/mol. The molecule has 2 rings (SSSR count). The SMILES string of the molecule is O=[N+]([O-])c1ccc(OP(=O)(O)CNS(=O)(=O)c2cccs2)cc1.[NaH]. The molecule has 0 aliphatic rings. The van der Waals surface area contributed by atoms with Crippen LogP contribution in [0, 0.1) is 10.1 Å². The van der Waals surface area contributed by atoms with E-state index in [0.717, 1.165) is 35.6 Å². The zero-order chi connectivity index (χ0) is 17.1. The quantitative estimate of drug-likeness (QED) is 0.310. The Hall–Kier alpha value is -0.780. The Balaban J connectivity index is 0.00000288. The fourth-order valence-corrected chi connectivity index (χ4v) is 5.03. The molecule has 0 radical (unpaired) electrons. The third kappa shape index (κ3) is 5.94. The van der Waals surface area contributed by atoms with Crippen LogP contribution in [-0.2, 0) is 14.6 Å². The van der Waals surface area contributed by atoms with E-state index in [9.17, 15) is 28.0 Å². The minimum absolute atomic E-state index is 0. The second-order valence-electron chi connectivity index (χ2n) is 4.22. The van der Waals surface area contributed by atoms with Crippen molar-refractivity contribution in [2.45, 2.75) is 4.21 Å². The summed E-state index contributed by atoms with van der Waals surface area (Å²) in [6.45, 7) is 0. The summed E-state index contributed by atoms with van der Waals surface area (Å²) >= 11 is 0.962. The van der Waals surface area contributed by atoms with Gasteiger partial charge >= 0.3 is 37.2 Å². The van der Waals surface area contributed by atoms with Crippen LogP contribution < -0.4 is 9.25 Å². The van der Waals surface area contributed by atoms with Gasteiger partial charge < -0.3 is 9.42 Å². The van der Waals surface area contributed by atoms with E-state index < -0.39 is 28.8 Å². The Morgan fingerprint density at radius 2 is 1.92 bits per heavy atom. The van der Waals surface area contributed by atoms with Gasteiger partial charge in [-0.15, -0.1) is 11.3 Å². The molecule has 1 unspecified atom stereocenters. The molecule has 126 valence electrons. The predicted molar refractivity (Wildman–Crippen MR) is 90.2 cm³/mol. The van der Waals surface area contributed by atoms with Crippen molar-refractivity contribution < 1.29 is 27.3 Å². The number of nitrogens with zero attached hydrogens (tertiary/aromatic N) is 1. The van der Waals surface area contributed by atoms with Crippen molar-refractivity contribution in [1.29, 1.82) is 0 Å². The van der Waals surface area contributed by atoms with Crippen LogP contribution in [0.15, 0.2) is 46.0 Å². The third-order valence-corrected chi connectivity index (χ3v) is 6.58. The summed E-state index contributed by atoms with van der Waals surface area (Å²) in [6.07, 6.45) is -0.829. The van der Waals surface area contributed by atoms with Crippen LogP contribution in [0.4, 0.5) is 5.69 Å². The Morgan fingerprint density at radius 1 is 1.29 bits per heavy atom. The molecule has 0 saturated heterocycles. The molecule has 0 fully saturated rings. The van der Waals surface area contributed by atoms with Gasteiger partial charge in [0.05, 0.1) is 4.92 Å². The standard InChI is InChI=1S/C11H11N2O7PS2.Na.H/c14-13(15)9-3-5-10(6-4-9)20-21(16,17)8-12-23(18,19)11-2-1-7-22-11;;/h1-7,12H,8H2,(H,16,17);;. The molecule has 2 aromatic rings. The first kappa shape index (κ1) is 21.3. The van der Waals surface area contributed by atoms with E-state index in [2.05, 4.69) is 0 Å². The van der Waals surface area contributed by atoms with Crippen molar-refractivity contribution in [1.82, 2.24) is 4.72 Å². The average Bonchev–Trinajstić information content (AvgIpc) is 3.01. The molecule has 1 heterocycles. The summed E-state index contributed by atoms with van der Waals surface area (Å²) in [4.78, 5) is 19.6. The number of benzene rings is 1. The summed E-state index contributed by atoms with van der Waals surface area (Å²) in [7, 11) is -8.20. The Morgan fingerprint density at radius 3 is 2.42 bits per heavy atom. The first-order valence-electron chi connectivity index (χ1n) is 5.99. The van der Waals surface area contributed by atoms with Crippen LogP contribution in [0.25, 0.3) is 0 Å². The zero-order valence-corrected chi connectivity index (χ0v) is 13.9. The van der Waals surface area contributed by atoms with E-state index in [1.54, 1.807) is 5.38 Å². The zero-order valence-electron chi connectivity index (χ0n) is 11.4. The number of sulfonamides is 1. The van der Waals surface area contributed by atoms with Crippen LogP contribution in [0.3, 0.4) is 0 Å². The molecule has 0 aliphatic carbocycles. The molecule has 24 heavy (non-hydrogen) atoms. The topological polar surface area (TPSA) is 136 Å². The number of non-ortho nitro benzene ring substituents is 1. The van der Waals surface area contributed by atoms with E-state index in [1.807, 2.05) is 4.72 Å². The molecule has 2 N–H and O–H groups in total. The Labute approximate surface area is 163 Å². The number of nitro groups is 1. The fourth-order valence-electron chi connectivity index (χ4n) is 1.48. The van der Waals surface area contributed by atoms with Gasteiger partial charge in [-0.1, -0.05) is 6.07 Å².